The molecule has 1 fully saturated rings. The number of carbonyl (C=O) groups is 3. The van der Waals surface area contributed by atoms with Gasteiger partial charge in [0.15, 0.2) is 0 Å². The number of carboxylic acid groups (broad SMARTS) is 1. The Labute approximate surface area is 117 Å². The maximum Gasteiger partial charge on any atom is 0.381 e. The van der Waals surface area contributed by atoms with E-state index in [1.165, 1.54) is 6.42 Å². The van der Waals surface area contributed by atoms with Crippen LogP contribution in [0, 0.1) is 5.92 Å². The van der Waals surface area contributed by atoms with Crippen molar-refractivity contribution in [3.05, 3.63) is 23.8 Å². The summed E-state index contributed by atoms with van der Waals surface area (Å²) < 4.78 is 0. The second-order valence-electron chi connectivity index (χ2n) is 4.69. The van der Waals surface area contributed by atoms with Crippen molar-refractivity contribution < 1.29 is 29.3 Å². The highest BCUT2D eigenvalue weighted by atomic mass is 17.2. The van der Waals surface area contributed by atoms with E-state index in [4.69, 9.17) is 5.11 Å². The standard InChI is InChI=1S/C14H18O6/c1-10(9-11-5-3-2-4-6-11)14(18)20-19-13(17)8-7-12(15)16/h7-9,11H,2-6H2,1H3,(H,15,16)/b8-7-,10-9+. The van der Waals surface area contributed by atoms with Gasteiger partial charge in [0.1, 0.15) is 0 Å². The predicted octanol–water partition coefficient (Wildman–Crippen LogP) is 2.16. The Morgan fingerprint density at radius 1 is 1.05 bits per heavy atom. The lowest BCUT2D eigenvalue weighted by atomic mass is 9.88. The summed E-state index contributed by atoms with van der Waals surface area (Å²) in [5.74, 6) is -2.72. The van der Waals surface area contributed by atoms with Crippen molar-refractivity contribution in [2.75, 3.05) is 0 Å². The zero-order valence-electron chi connectivity index (χ0n) is 11.3. The molecule has 0 spiro atoms. The van der Waals surface area contributed by atoms with E-state index in [0.29, 0.717) is 23.6 Å². The first-order chi connectivity index (χ1) is 9.49. The van der Waals surface area contributed by atoms with Crippen LogP contribution in [-0.4, -0.2) is 23.0 Å². The molecule has 1 saturated carbocycles. The van der Waals surface area contributed by atoms with Gasteiger partial charge in [-0.25, -0.2) is 24.2 Å². The highest BCUT2D eigenvalue weighted by Gasteiger charge is 2.15. The summed E-state index contributed by atoms with van der Waals surface area (Å²) in [7, 11) is 0. The van der Waals surface area contributed by atoms with Crippen molar-refractivity contribution in [1.29, 1.82) is 0 Å². The van der Waals surface area contributed by atoms with Crippen LogP contribution in [0.15, 0.2) is 23.8 Å². The molecule has 0 aromatic carbocycles. The number of carboxylic acids is 1. The van der Waals surface area contributed by atoms with Crippen LogP contribution in [0.4, 0.5) is 0 Å². The summed E-state index contributed by atoms with van der Waals surface area (Å²) in [6.45, 7) is 1.60. The molecule has 20 heavy (non-hydrogen) atoms. The number of hydrogen-bond donors (Lipinski definition) is 1. The van der Waals surface area contributed by atoms with Crippen LogP contribution in [0.2, 0.25) is 0 Å². The summed E-state index contributed by atoms with van der Waals surface area (Å²) in [5.41, 5.74) is 0.381. The summed E-state index contributed by atoms with van der Waals surface area (Å²) in [6, 6.07) is 0. The zero-order chi connectivity index (χ0) is 15.0. The fraction of sp³-hybridized carbons (Fsp3) is 0.500. The van der Waals surface area contributed by atoms with Crippen LogP contribution in [0.5, 0.6) is 0 Å². The van der Waals surface area contributed by atoms with Crippen molar-refractivity contribution in [2.24, 2.45) is 5.92 Å². The number of allylic oxidation sites excluding steroid dienone is 1. The molecule has 110 valence electrons. The van der Waals surface area contributed by atoms with E-state index in [0.717, 1.165) is 25.7 Å². The Bertz CT molecular complexity index is 429. The fourth-order valence-electron chi connectivity index (χ4n) is 2.03. The van der Waals surface area contributed by atoms with Crippen LogP contribution >= 0.6 is 0 Å². The highest BCUT2D eigenvalue weighted by Crippen LogP contribution is 2.25. The molecule has 0 radical (unpaired) electrons. The quantitative estimate of drug-likeness (QED) is 0.482. The van der Waals surface area contributed by atoms with Gasteiger partial charge in [0.25, 0.3) is 0 Å². The molecule has 0 saturated heterocycles. The maximum absolute atomic E-state index is 11.6. The van der Waals surface area contributed by atoms with Crippen molar-refractivity contribution in [3.63, 3.8) is 0 Å². The molecule has 1 N–H and O–H groups in total. The molecular weight excluding hydrogens is 264 g/mol. The van der Waals surface area contributed by atoms with Gasteiger partial charge in [0.05, 0.1) is 0 Å². The SMILES string of the molecule is C/C(=C\C1CCCCC1)C(=O)OOC(=O)/C=C\C(=O)O. The third kappa shape index (κ3) is 6.17. The lowest BCUT2D eigenvalue weighted by Gasteiger charge is -2.18. The van der Waals surface area contributed by atoms with Crippen LogP contribution in [0.25, 0.3) is 0 Å². The molecule has 0 amide bonds. The Morgan fingerprint density at radius 2 is 1.70 bits per heavy atom. The van der Waals surface area contributed by atoms with E-state index in [1.807, 2.05) is 6.08 Å². The monoisotopic (exact) mass is 282 g/mol. The average Bonchev–Trinajstić information content (AvgIpc) is 2.43. The van der Waals surface area contributed by atoms with E-state index in [-0.39, 0.29) is 0 Å². The van der Waals surface area contributed by atoms with Gasteiger partial charge >= 0.3 is 17.9 Å². The van der Waals surface area contributed by atoms with Gasteiger partial charge in [-0.1, -0.05) is 25.3 Å². The van der Waals surface area contributed by atoms with Gasteiger partial charge < -0.3 is 5.11 Å². The van der Waals surface area contributed by atoms with Crippen LogP contribution < -0.4 is 0 Å². The van der Waals surface area contributed by atoms with Gasteiger partial charge in [-0.05, 0) is 25.7 Å². The largest absolute Gasteiger partial charge is 0.478 e. The summed E-state index contributed by atoms with van der Waals surface area (Å²) in [4.78, 5) is 41.2. The molecule has 0 aromatic rings. The van der Waals surface area contributed by atoms with Crippen molar-refractivity contribution in [2.45, 2.75) is 39.0 Å². The van der Waals surface area contributed by atoms with Gasteiger partial charge in [0, 0.05) is 17.7 Å². The van der Waals surface area contributed by atoms with Crippen LogP contribution in [0.1, 0.15) is 39.0 Å². The molecule has 0 heterocycles. The minimum Gasteiger partial charge on any atom is -0.478 e. The first-order valence-corrected chi connectivity index (χ1v) is 6.51. The third-order valence-corrected chi connectivity index (χ3v) is 3.02. The molecule has 6 nitrogen and oxygen atoms in total. The second-order valence-corrected chi connectivity index (χ2v) is 4.69. The Kier molecular flexibility index (Phi) is 6.49. The Hall–Kier alpha value is -2.11. The number of hydrogen-bond acceptors (Lipinski definition) is 5. The minimum atomic E-state index is -1.29. The molecule has 1 aliphatic rings. The van der Waals surface area contributed by atoms with E-state index >= 15 is 0 Å². The van der Waals surface area contributed by atoms with Gasteiger partial charge in [-0.2, -0.15) is 0 Å². The minimum absolute atomic E-state index is 0.360. The first kappa shape index (κ1) is 15.9. The average molecular weight is 282 g/mol. The lowest BCUT2D eigenvalue weighted by Crippen LogP contribution is -2.12. The summed E-state index contributed by atoms with van der Waals surface area (Å²) in [6.07, 6.45) is 8.72. The molecule has 0 aliphatic heterocycles. The van der Waals surface area contributed by atoms with E-state index in [2.05, 4.69) is 9.78 Å². The molecule has 1 aliphatic carbocycles. The molecule has 6 heteroatoms. The van der Waals surface area contributed by atoms with Gasteiger partial charge in [-0.3, -0.25) is 0 Å². The summed E-state index contributed by atoms with van der Waals surface area (Å²) in [5, 5.41) is 8.30. The molecule has 0 atom stereocenters. The predicted molar refractivity (Wildman–Crippen MR) is 69.3 cm³/mol. The fourth-order valence-corrected chi connectivity index (χ4v) is 2.03. The maximum atomic E-state index is 11.6. The van der Waals surface area contributed by atoms with Crippen molar-refractivity contribution >= 4 is 17.9 Å². The second kappa shape index (κ2) is 8.14. The lowest BCUT2D eigenvalue weighted by molar-refractivity contribution is -0.251. The van der Waals surface area contributed by atoms with Crippen molar-refractivity contribution in [3.8, 4) is 0 Å². The van der Waals surface area contributed by atoms with Crippen LogP contribution in [0.3, 0.4) is 0 Å². The molecule has 0 aromatic heterocycles. The summed E-state index contributed by atoms with van der Waals surface area (Å²) >= 11 is 0. The number of carbonyl (C=O) groups excluding carboxylic acids is 2. The Balaban J connectivity index is 2.39. The zero-order valence-corrected chi connectivity index (χ0v) is 11.3. The van der Waals surface area contributed by atoms with E-state index < -0.39 is 17.9 Å². The number of aliphatic carboxylic acids is 1. The third-order valence-electron chi connectivity index (χ3n) is 3.02. The van der Waals surface area contributed by atoms with E-state index in [9.17, 15) is 14.4 Å². The Morgan fingerprint density at radius 3 is 2.30 bits per heavy atom. The number of rotatable bonds is 4. The highest BCUT2D eigenvalue weighted by molar-refractivity contribution is 5.92. The van der Waals surface area contributed by atoms with Gasteiger partial charge in [-0.15, -0.1) is 0 Å². The van der Waals surface area contributed by atoms with Crippen molar-refractivity contribution in [1.82, 2.24) is 0 Å². The molecular formula is C14H18O6. The topological polar surface area (TPSA) is 89.9 Å². The van der Waals surface area contributed by atoms with Crippen LogP contribution in [-0.2, 0) is 24.2 Å². The van der Waals surface area contributed by atoms with Gasteiger partial charge in [0.2, 0.25) is 0 Å². The van der Waals surface area contributed by atoms with E-state index in [1.54, 1.807) is 6.92 Å². The molecule has 1 rings (SSSR count). The molecule has 0 unspecified atom stereocenters. The molecule has 0 bridgehead atoms. The normalized spacial score (nSPS) is 16.9. The smallest absolute Gasteiger partial charge is 0.381 e. The first-order valence-electron chi connectivity index (χ1n) is 6.51.